The number of hydrogen-bond donors (Lipinski definition) is 1. The predicted octanol–water partition coefficient (Wildman–Crippen LogP) is 1.21. The molecule has 0 aromatic heterocycles. The van der Waals surface area contributed by atoms with Crippen molar-refractivity contribution in [2.24, 2.45) is 5.92 Å². The first-order chi connectivity index (χ1) is 7.60. The Morgan fingerprint density at radius 2 is 2.00 bits per heavy atom. The smallest absolute Gasteiger partial charge is 0.214 e. The molecule has 5 heteroatoms. The lowest BCUT2D eigenvalue weighted by Crippen LogP contribution is -2.35. The molecule has 16 heavy (non-hydrogen) atoms. The van der Waals surface area contributed by atoms with Crippen molar-refractivity contribution in [3.05, 3.63) is 0 Å². The lowest BCUT2D eigenvalue weighted by molar-refractivity contribution is 0.286. The average Bonchev–Trinajstić information content (AvgIpc) is 3.01. The Kier molecular flexibility index (Phi) is 5.72. The fourth-order valence-corrected chi connectivity index (χ4v) is 3.43. The molecular weight excluding hydrogens is 226 g/mol. The summed E-state index contributed by atoms with van der Waals surface area (Å²) in [6.45, 7) is 3.42. The van der Waals surface area contributed by atoms with Gasteiger partial charge in [0.2, 0.25) is 10.0 Å². The minimum absolute atomic E-state index is 0.0753. The van der Waals surface area contributed by atoms with Crippen LogP contribution in [0.4, 0.5) is 0 Å². The van der Waals surface area contributed by atoms with E-state index < -0.39 is 10.0 Å². The molecular formula is C11H23NO3S. The van der Waals surface area contributed by atoms with Gasteiger partial charge in [-0.15, -0.1) is 0 Å². The fraction of sp³-hybridized carbons (Fsp3) is 1.00. The zero-order chi connectivity index (χ0) is 12.0. The van der Waals surface area contributed by atoms with E-state index in [2.05, 4.69) is 0 Å². The Morgan fingerprint density at radius 1 is 1.31 bits per heavy atom. The summed E-state index contributed by atoms with van der Waals surface area (Å²) in [5.74, 6) is 0.777. The third kappa shape index (κ3) is 4.80. The highest BCUT2D eigenvalue weighted by atomic mass is 32.2. The molecule has 0 unspecified atom stereocenters. The lowest BCUT2D eigenvalue weighted by Gasteiger charge is -2.21. The first kappa shape index (κ1) is 13.9. The molecule has 0 amide bonds. The van der Waals surface area contributed by atoms with Crippen molar-refractivity contribution < 1.29 is 13.5 Å². The van der Waals surface area contributed by atoms with E-state index in [9.17, 15) is 8.42 Å². The molecule has 1 rings (SSSR count). The summed E-state index contributed by atoms with van der Waals surface area (Å²) in [5.41, 5.74) is 0. The molecule has 96 valence electrons. The van der Waals surface area contributed by atoms with Crippen LogP contribution < -0.4 is 0 Å². The van der Waals surface area contributed by atoms with Gasteiger partial charge in [-0.05, 0) is 38.0 Å². The monoisotopic (exact) mass is 249 g/mol. The average molecular weight is 249 g/mol. The molecule has 0 saturated heterocycles. The molecule has 0 atom stereocenters. The van der Waals surface area contributed by atoms with Gasteiger partial charge in [0.25, 0.3) is 0 Å². The summed E-state index contributed by atoms with van der Waals surface area (Å²) >= 11 is 0. The molecule has 1 aliphatic carbocycles. The van der Waals surface area contributed by atoms with E-state index in [4.69, 9.17) is 5.11 Å². The third-order valence-corrected chi connectivity index (χ3v) is 4.76. The number of aliphatic hydroxyl groups excluding tert-OH is 1. The van der Waals surface area contributed by atoms with Gasteiger partial charge < -0.3 is 5.11 Å². The van der Waals surface area contributed by atoms with Crippen LogP contribution in [0.25, 0.3) is 0 Å². The Hall–Kier alpha value is -0.130. The van der Waals surface area contributed by atoms with Gasteiger partial charge in [-0.1, -0.05) is 6.92 Å². The van der Waals surface area contributed by atoms with Crippen LogP contribution in [0.3, 0.4) is 0 Å². The molecule has 1 saturated carbocycles. The molecule has 1 fully saturated rings. The van der Waals surface area contributed by atoms with Crippen LogP contribution in [-0.2, 0) is 10.0 Å². The number of rotatable bonds is 9. The van der Waals surface area contributed by atoms with Crippen molar-refractivity contribution in [3.8, 4) is 0 Å². The maximum absolute atomic E-state index is 12.0. The molecule has 0 heterocycles. The minimum Gasteiger partial charge on any atom is -0.396 e. The summed E-state index contributed by atoms with van der Waals surface area (Å²) in [6, 6.07) is 0. The third-order valence-electron chi connectivity index (χ3n) is 2.84. The Balaban J connectivity index is 2.45. The van der Waals surface area contributed by atoms with E-state index in [1.54, 1.807) is 4.31 Å². The molecule has 1 aliphatic rings. The van der Waals surface area contributed by atoms with E-state index in [0.29, 0.717) is 31.8 Å². The topological polar surface area (TPSA) is 57.6 Å². The van der Waals surface area contributed by atoms with E-state index in [1.165, 1.54) is 12.8 Å². The molecule has 0 spiro atoms. The van der Waals surface area contributed by atoms with Gasteiger partial charge in [-0.25, -0.2) is 12.7 Å². The lowest BCUT2D eigenvalue weighted by atomic mass is 10.4. The Labute approximate surface area is 98.7 Å². The quantitative estimate of drug-likeness (QED) is 0.625. The van der Waals surface area contributed by atoms with Gasteiger partial charge in [0.05, 0.1) is 5.75 Å². The van der Waals surface area contributed by atoms with Crippen LogP contribution in [0.1, 0.15) is 39.0 Å². The zero-order valence-electron chi connectivity index (χ0n) is 10.1. The highest BCUT2D eigenvalue weighted by Crippen LogP contribution is 2.30. The van der Waals surface area contributed by atoms with Crippen LogP contribution in [0.2, 0.25) is 0 Å². The molecule has 0 aromatic rings. The van der Waals surface area contributed by atoms with E-state index in [0.717, 1.165) is 6.42 Å². The summed E-state index contributed by atoms with van der Waals surface area (Å²) in [7, 11) is -3.09. The standard InChI is InChI=1S/C11H23NO3S/c1-2-7-12(10-11-5-6-11)16(14,15)9-4-3-8-13/h11,13H,2-10H2,1H3. The Morgan fingerprint density at radius 3 is 2.50 bits per heavy atom. The van der Waals surface area contributed by atoms with Crippen LogP contribution in [-0.4, -0.2) is 43.3 Å². The highest BCUT2D eigenvalue weighted by molar-refractivity contribution is 7.89. The summed E-state index contributed by atoms with van der Waals surface area (Å²) in [4.78, 5) is 0. The second-order valence-corrected chi connectivity index (χ2v) is 6.64. The Bertz CT molecular complexity index is 286. The molecule has 0 bridgehead atoms. The highest BCUT2D eigenvalue weighted by Gasteiger charge is 2.29. The summed E-state index contributed by atoms with van der Waals surface area (Å²) in [5, 5.41) is 8.65. The van der Waals surface area contributed by atoms with Gasteiger partial charge in [0.1, 0.15) is 0 Å². The predicted molar refractivity (Wildman–Crippen MR) is 64.7 cm³/mol. The SMILES string of the molecule is CCCN(CC1CC1)S(=O)(=O)CCCCO. The maximum Gasteiger partial charge on any atom is 0.214 e. The first-order valence-electron chi connectivity index (χ1n) is 6.19. The number of sulfonamides is 1. The van der Waals surface area contributed by atoms with Crippen molar-refractivity contribution in [1.29, 1.82) is 0 Å². The fourth-order valence-electron chi connectivity index (χ4n) is 1.71. The molecule has 1 N–H and O–H groups in total. The molecule has 0 aliphatic heterocycles. The minimum atomic E-state index is -3.09. The van der Waals surface area contributed by atoms with Crippen LogP contribution >= 0.6 is 0 Å². The van der Waals surface area contributed by atoms with Gasteiger partial charge in [0, 0.05) is 19.7 Å². The number of unbranched alkanes of at least 4 members (excludes halogenated alkanes) is 1. The van der Waals surface area contributed by atoms with Crippen LogP contribution in [0, 0.1) is 5.92 Å². The number of aliphatic hydroxyl groups is 1. The van der Waals surface area contributed by atoms with Crippen molar-refractivity contribution in [2.75, 3.05) is 25.4 Å². The summed E-state index contributed by atoms with van der Waals surface area (Å²) < 4.78 is 25.6. The number of nitrogens with zero attached hydrogens (tertiary/aromatic N) is 1. The molecule has 0 radical (unpaired) electrons. The van der Waals surface area contributed by atoms with Gasteiger partial charge in [-0.3, -0.25) is 0 Å². The summed E-state index contributed by atoms with van der Waals surface area (Å²) in [6.07, 6.45) is 4.34. The van der Waals surface area contributed by atoms with E-state index >= 15 is 0 Å². The number of hydrogen-bond acceptors (Lipinski definition) is 3. The van der Waals surface area contributed by atoms with E-state index in [-0.39, 0.29) is 12.4 Å². The molecule has 0 aromatic carbocycles. The normalized spacial score (nSPS) is 16.9. The van der Waals surface area contributed by atoms with E-state index in [1.807, 2.05) is 6.92 Å². The first-order valence-corrected chi connectivity index (χ1v) is 7.79. The van der Waals surface area contributed by atoms with Crippen molar-refractivity contribution in [1.82, 2.24) is 4.31 Å². The zero-order valence-corrected chi connectivity index (χ0v) is 10.9. The van der Waals surface area contributed by atoms with Crippen molar-refractivity contribution in [2.45, 2.75) is 39.0 Å². The van der Waals surface area contributed by atoms with Crippen molar-refractivity contribution >= 4 is 10.0 Å². The largest absolute Gasteiger partial charge is 0.396 e. The van der Waals surface area contributed by atoms with Gasteiger partial charge >= 0.3 is 0 Å². The van der Waals surface area contributed by atoms with Gasteiger partial charge in [-0.2, -0.15) is 0 Å². The second-order valence-electron chi connectivity index (χ2n) is 4.55. The maximum atomic E-state index is 12.0. The molecule has 4 nitrogen and oxygen atoms in total. The van der Waals surface area contributed by atoms with Crippen LogP contribution in [0.5, 0.6) is 0 Å². The van der Waals surface area contributed by atoms with Crippen molar-refractivity contribution in [3.63, 3.8) is 0 Å². The second kappa shape index (κ2) is 6.57. The van der Waals surface area contributed by atoms with Crippen LogP contribution in [0.15, 0.2) is 0 Å². The van der Waals surface area contributed by atoms with Gasteiger partial charge in [0.15, 0.2) is 0 Å².